The van der Waals surface area contributed by atoms with Gasteiger partial charge in [0.2, 0.25) is 0 Å². The molecule has 1 N–H and O–H groups in total. The van der Waals surface area contributed by atoms with Gasteiger partial charge < -0.3 is 5.32 Å². The molecule has 0 spiro atoms. The molecule has 0 radical (unpaired) electrons. The summed E-state index contributed by atoms with van der Waals surface area (Å²) in [5.41, 5.74) is 0. The zero-order valence-electron chi connectivity index (χ0n) is 8.18. The molecule has 0 amide bonds. The molecule has 1 nitrogen and oxygen atoms in total. The van der Waals surface area contributed by atoms with Crippen LogP contribution in [0.1, 0.15) is 39.0 Å². The van der Waals surface area contributed by atoms with Crippen LogP contribution in [-0.4, -0.2) is 13.1 Å². The van der Waals surface area contributed by atoms with Crippen LogP contribution in [-0.2, 0) is 0 Å². The summed E-state index contributed by atoms with van der Waals surface area (Å²) in [7, 11) is 0. The van der Waals surface area contributed by atoms with Crippen molar-refractivity contribution in [1.82, 2.24) is 5.32 Å². The molecule has 2 rings (SSSR count). The molecule has 0 bridgehead atoms. The fraction of sp³-hybridized carbons (Fsp3) is 1.00. The first-order valence-corrected chi connectivity index (χ1v) is 5.57. The van der Waals surface area contributed by atoms with E-state index in [2.05, 4.69) is 12.2 Å². The van der Waals surface area contributed by atoms with E-state index in [0.29, 0.717) is 0 Å². The van der Waals surface area contributed by atoms with Crippen molar-refractivity contribution in [2.45, 2.75) is 39.0 Å². The van der Waals surface area contributed by atoms with Gasteiger partial charge in [0, 0.05) is 0 Å². The van der Waals surface area contributed by atoms with Crippen LogP contribution in [0.25, 0.3) is 0 Å². The van der Waals surface area contributed by atoms with Gasteiger partial charge in [0.1, 0.15) is 0 Å². The fourth-order valence-electron chi connectivity index (χ4n) is 2.35. The van der Waals surface area contributed by atoms with E-state index in [1.165, 1.54) is 45.2 Å². The average Bonchev–Trinajstić information content (AvgIpc) is 2.86. The smallest absolute Gasteiger partial charge is 0.00205 e. The molecule has 1 aliphatic carbocycles. The standard InChI is InChI=1S/C11H21N/c1-9-8-12-7-6-11(9)5-4-10-2-3-10/h9-12H,2-8H2,1H3. The predicted octanol–water partition coefficient (Wildman–Crippen LogP) is 2.42. The highest BCUT2D eigenvalue weighted by Crippen LogP contribution is 2.36. The van der Waals surface area contributed by atoms with Crippen molar-refractivity contribution in [2.75, 3.05) is 13.1 Å². The Morgan fingerprint density at radius 3 is 2.67 bits per heavy atom. The van der Waals surface area contributed by atoms with Crippen molar-refractivity contribution in [2.24, 2.45) is 17.8 Å². The molecule has 2 fully saturated rings. The van der Waals surface area contributed by atoms with Crippen molar-refractivity contribution >= 4 is 0 Å². The van der Waals surface area contributed by atoms with Gasteiger partial charge in [-0.1, -0.05) is 26.2 Å². The summed E-state index contributed by atoms with van der Waals surface area (Å²) >= 11 is 0. The summed E-state index contributed by atoms with van der Waals surface area (Å²) in [6, 6.07) is 0. The van der Waals surface area contributed by atoms with Gasteiger partial charge in [0.25, 0.3) is 0 Å². The second kappa shape index (κ2) is 3.78. The van der Waals surface area contributed by atoms with Crippen LogP contribution in [0.15, 0.2) is 0 Å². The summed E-state index contributed by atoms with van der Waals surface area (Å²) in [5, 5.41) is 3.47. The van der Waals surface area contributed by atoms with Crippen LogP contribution >= 0.6 is 0 Å². The minimum absolute atomic E-state index is 0.928. The van der Waals surface area contributed by atoms with Crippen molar-refractivity contribution in [3.05, 3.63) is 0 Å². The molecule has 12 heavy (non-hydrogen) atoms. The van der Waals surface area contributed by atoms with E-state index in [4.69, 9.17) is 0 Å². The van der Waals surface area contributed by atoms with Crippen molar-refractivity contribution in [1.29, 1.82) is 0 Å². The summed E-state index contributed by atoms with van der Waals surface area (Å²) in [5.74, 6) is 3.09. The summed E-state index contributed by atoms with van der Waals surface area (Å²) in [6.07, 6.45) is 7.51. The lowest BCUT2D eigenvalue weighted by Gasteiger charge is -2.29. The molecule has 1 heterocycles. The molecule has 0 aromatic heterocycles. The van der Waals surface area contributed by atoms with Gasteiger partial charge in [-0.25, -0.2) is 0 Å². The Bertz CT molecular complexity index is 140. The van der Waals surface area contributed by atoms with Crippen LogP contribution in [0, 0.1) is 17.8 Å². The quantitative estimate of drug-likeness (QED) is 0.680. The Hall–Kier alpha value is -0.0400. The van der Waals surface area contributed by atoms with E-state index < -0.39 is 0 Å². The maximum absolute atomic E-state index is 3.47. The molecular weight excluding hydrogens is 146 g/mol. The minimum atomic E-state index is 0.928. The van der Waals surface area contributed by atoms with Gasteiger partial charge in [-0.3, -0.25) is 0 Å². The number of hydrogen-bond donors (Lipinski definition) is 1. The Morgan fingerprint density at radius 2 is 2.00 bits per heavy atom. The van der Waals surface area contributed by atoms with Crippen LogP contribution in [0.3, 0.4) is 0 Å². The van der Waals surface area contributed by atoms with Crippen LogP contribution in [0.4, 0.5) is 0 Å². The third kappa shape index (κ3) is 2.22. The van der Waals surface area contributed by atoms with Gasteiger partial charge in [-0.2, -0.15) is 0 Å². The second-order valence-electron chi connectivity index (χ2n) is 4.75. The number of rotatable bonds is 3. The first kappa shape index (κ1) is 8.55. The molecule has 2 unspecified atom stereocenters. The van der Waals surface area contributed by atoms with Gasteiger partial charge in [-0.05, 0) is 43.7 Å². The van der Waals surface area contributed by atoms with E-state index in [0.717, 1.165) is 17.8 Å². The zero-order chi connectivity index (χ0) is 8.39. The van der Waals surface area contributed by atoms with E-state index in [1.54, 1.807) is 0 Å². The average molecular weight is 167 g/mol. The van der Waals surface area contributed by atoms with E-state index in [9.17, 15) is 0 Å². The van der Waals surface area contributed by atoms with Crippen molar-refractivity contribution in [3.8, 4) is 0 Å². The van der Waals surface area contributed by atoms with Gasteiger partial charge >= 0.3 is 0 Å². The largest absolute Gasteiger partial charge is 0.316 e. The number of hydrogen-bond acceptors (Lipinski definition) is 1. The molecule has 70 valence electrons. The fourth-order valence-corrected chi connectivity index (χ4v) is 2.35. The topological polar surface area (TPSA) is 12.0 Å². The molecule has 1 aliphatic heterocycles. The number of nitrogens with one attached hydrogen (secondary N) is 1. The predicted molar refractivity (Wildman–Crippen MR) is 52.1 cm³/mol. The zero-order valence-corrected chi connectivity index (χ0v) is 8.18. The molecule has 0 aromatic rings. The van der Waals surface area contributed by atoms with Gasteiger partial charge in [-0.15, -0.1) is 0 Å². The van der Waals surface area contributed by atoms with Gasteiger partial charge in [0.05, 0.1) is 0 Å². The molecule has 1 saturated heterocycles. The lowest BCUT2D eigenvalue weighted by molar-refractivity contribution is 0.251. The highest BCUT2D eigenvalue weighted by atomic mass is 14.9. The van der Waals surface area contributed by atoms with Crippen LogP contribution in [0.5, 0.6) is 0 Å². The van der Waals surface area contributed by atoms with E-state index in [-0.39, 0.29) is 0 Å². The highest BCUT2D eigenvalue weighted by Gasteiger charge is 2.25. The summed E-state index contributed by atoms with van der Waals surface area (Å²) in [6.45, 7) is 4.93. The minimum Gasteiger partial charge on any atom is -0.316 e. The van der Waals surface area contributed by atoms with Crippen molar-refractivity contribution < 1.29 is 0 Å². The van der Waals surface area contributed by atoms with Crippen LogP contribution in [0.2, 0.25) is 0 Å². The Morgan fingerprint density at radius 1 is 1.17 bits per heavy atom. The normalized spacial score (nSPS) is 36.8. The molecule has 1 heteroatoms. The second-order valence-corrected chi connectivity index (χ2v) is 4.75. The monoisotopic (exact) mass is 167 g/mol. The van der Waals surface area contributed by atoms with E-state index in [1.807, 2.05) is 0 Å². The lowest BCUT2D eigenvalue weighted by Crippen LogP contribution is -2.34. The maximum atomic E-state index is 3.47. The molecule has 2 aliphatic rings. The Labute approximate surface area is 75.9 Å². The van der Waals surface area contributed by atoms with E-state index >= 15 is 0 Å². The van der Waals surface area contributed by atoms with Gasteiger partial charge in [0.15, 0.2) is 0 Å². The van der Waals surface area contributed by atoms with Crippen LogP contribution < -0.4 is 5.32 Å². The molecule has 2 atom stereocenters. The van der Waals surface area contributed by atoms with Crippen molar-refractivity contribution in [3.63, 3.8) is 0 Å². The molecule has 0 aromatic carbocycles. The first-order valence-electron chi connectivity index (χ1n) is 5.57. The lowest BCUT2D eigenvalue weighted by atomic mass is 9.84. The molecule has 1 saturated carbocycles. The Kier molecular flexibility index (Phi) is 2.69. The maximum Gasteiger partial charge on any atom is -0.00205 e. The molecular formula is C11H21N. The third-order valence-electron chi connectivity index (χ3n) is 3.61. The third-order valence-corrected chi connectivity index (χ3v) is 3.61. The number of piperidine rings is 1. The highest BCUT2D eigenvalue weighted by molar-refractivity contribution is 4.79. The summed E-state index contributed by atoms with van der Waals surface area (Å²) < 4.78 is 0. The first-order chi connectivity index (χ1) is 5.86. The summed E-state index contributed by atoms with van der Waals surface area (Å²) in [4.78, 5) is 0. The Balaban J connectivity index is 1.68. The SMILES string of the molecule is CC1CNCCC1CCC1CC1.